The normalized spacial score (nSPS) is 12.8. The van der Waals surface area contributed by atoms with Crippen molar-refractivity contribution in [1.82, 2.24) is 0 Å². The van der Waals surface area contributed by atoms with Gasteiger partial charge < -0.3 is 15.9 Å². The highest BCUT2D eigenvalue weighted by Crippen LogP contribution is 2.23. The van der Waals surface area contributed by atoms with Crippen molar-refractivity contribution in [2.75, 3.05) is 6.61 Å². The van der Waals surface area contributed by atoms with Crippen LogP contribution in [0.25, 0.3) is 0 Å². The Bertz CT molecular complexity index is 250. The molecule has 0 bridgehead atoms. The molecule has 1 rings (SSSR count). The smallest absolute Gasteiger partial charge is 0.120 e. The van der Waals surface area contributed by atoms with E-state index in [0.29, 0.717) is 12.0 Å². The van der Waals surface area contributed by atoms with Gasteiger partial charge in [0.15, 0.2) is 0 Å². The zero-order valence-electron chi connectivity index (χ0n) is 6.77. The Morgan fingerprint density at radius 3 is 2.58 bits per heavy atom. The van der Waals surface area contributed by atoms with E-state index in [-0.39, 0.29) is 18.4 Å². The summed E-state index contributed by atoms with van der Waals surface area (Å²) in [4.78, 5) is 0. The maximum absolute atomic E-state index is 9.35. The lowest BCUT2D eigenvalue weighted by Gasteiger charge is -2.11. The lowest BCUT2D eigenvalue weighted by molar-refractivity contribution is 0.275. The van der Waals surface area contributed by atoms with Gasteiger partial charge in [0.25, 0.3) is 0 Å². The Hall–Kier alpha value is -1.06. The lowest BCUT2D eigenvalue weighted by Crippen LogP contribution is -2.11. The largest absolute Gasteiger partial charge is 0.508 e. The minimum Gasteiger partial charge on any atom is -0.508 e. The first-order valence-corrected chi connectivity index (χ1v) is 3.90. The number of phenolic OH excluding ortho intramolecular Hbond substituents is 1. The summed E-state index contributed by atoms with van der Waals surface area (Å²) in [5.41, 5.74) is 6.37. The average molecular weight is 167 g/mol. The summed E-state index contributed by atoms with van der Waals surface area (Å²) in [6, 6.07) is 6.62. The zero-order chi connectivity index (χ0) is 8.97. The molecule has 0 fully saturated rings. The highest BCUT2D eigenvalue weighted by molar-refractivity contribution is 5.34. The third-order valence-corrected chi connectivity index (χ3v) is 1.78. The third-order valence-electron chi connectivity index (χ3n) is 1.78. The van der Waals surface area contributed by atoms with Crippen molar-refractivity contribution in [1.29, 1.82) is 0 Å². The van der Waals surface area contributed by atoms with Crippen molar-refractivity contribution < 1.29 is 10.2 Å². The second-order valence-electron chi connectivity index (χ2n) is 2.68. The number of aromatic hydroxyl groups is 1. The number of aliphatic hydroxyl groups excluding tert-OH is 1. The van der Waals surface area contributed by atoms with Crippen molar-refractivity contribution in [3.63, 3.8) is 0 Å². The Kier molecular flexibility index (Phi) is 3.08. The van der Waals surface area contributed by atoms with Gasteiger partial charge in [-0.2, -0.15) is 0 Å². The van der Waals surface area contributed by atoms with Gasteiger partial charge in [-0.3, -0.25) is 0 Å². The number of nitrogens with two attached hydrogens (primary N) is 1. The summed E-state index contributed by atoms with van der Waals surface area (Å²) in [6.45, 7) is 0.0372. The van der Waals surface area contributed by atoms with Crippen LogP contribution in [0.4, 0.5) is 0 Å². The fourth-order valence-electron chi connectivity index (χ4n) is 1.10. The van der Waals surface area contributed by atoms with E-state index in [4.69, 9.17) is 10.8 Å². The number of benzene rings is 1. The van der Waals surface area contributed by atoms with Crippen LogP contribution in [0.15, 0.2) is 24.3 Å². The fourth-order valence-corrected chi connectivity index (χ4v) is 1.10. The summed E-state index contributed by atoms with van der Waals surface area (Å²) in [5.74, 6) is 0.193. The summed E-state index contributed by atoms with van der Waals surface area (Å²) < 4.78 is 0. The molecule has 12 heavy (non-hydrogen) atoms. The molecule has 0 aromatic heterocycles. The van der Waals surface area contributed by atoms with E-state index in [2.05, 4.69) is 0 Å². The molecule has 0 saturated carbocycles. The van der Waals surface area contributed by atoms with Crippen LogP contribution in [0, 0.1) is 0 Å². The number of rotatable bonds is 3. The van der Waals surface area contributed by atoms with E-state index in [1.165, 1.54) is 0 Å². The number of hydrogen-bond donors (Lipinski definition) is 3. The number of phenols is 1. The Labute approximate surface area is 71.5 Å². The molecule has 66 valence electrons. The van der Waals surface area contributed by atoms with Gasteiger partial charge in [-0.25, -0.2) is 0 Å². The quantitative estimate of drug-likeness (QED) is 0.623. The van der Waals surface area contributed by atoms with Gasteiger partial charge in [-0.15, -0.1) is 0 Å². The zero-order valence-corrected chi connectivity index (χ0v) is 6.77. The van der Waals surface area contributed by atoms with Gasteiger partial charge in [0.1, 0.15) is 5.75 Å². The van der Waals surface area contributed by atoms with Crippen molar-refractivity contribution in [3.8, 4) is 5.75 Å². The van der Waals surface area contributed by atoms with Crippen LogP contribution in [0.5, 0.6) is 5.75 Å². The fraction of sp³-hybridized carbons (Fsp3) is 0.333. The molecule has 0 aliphatic carbocycles. The maximum Gasteiger partial charge on any atom is 0.120 e. The van der Waals surface area contributed by atoms with Crippen LogP contribution >= 0.6 is 0 Å². The van der Waals surface area contributed by atoms with Gasteiger partial charge >= 0.3 is 0 Å². The molecule has 0 aliphatic heterocycles. The summed E-state index contributed by atoms with van der Waals surface area (Å²) in [7, 11) is 0. The standard InChI is InChI=1S/C9H13NO2/c10-8(5-6-11)7-3-1-2-4-9(7)12/h1-4,8,11-12H,5-6,10H2/t8-/m1/s1. The third kappa shape index (κ3) is 1.96. The molecule has 1 aromatic rings. The highest BCUT2D eigenvalue weighted by atomic mass is 16.3. The number of aliphatic hydroxyl groups is 1. The molecule has 0 heterocycles. The molecular weight excluding hydrogens is 154 g/mol. The molecule has 1 aromatic carbocycles. The van der Waals surface area contributed by atoms with E-state index in [1.54, 1.807) is 18.2 Å². The van der Waals surface area contributed by atoms with Crippen molar-refractivity contribution in [2.24, 2.45) is 5.73 Å². The number of para-hydroxylation sites is 1. The van der Waals surface area contributed by atoms with E-state index in [0.717, 1.165) is 0 Å². The predicted octanol–water partition coefficient (Wildman–Crippen LogP) is 0.774. The molecule has 0 radical (unpaired) electrons. The topological polar surface area (TPSA) is 66.5 Å². The van der Waals surface area contributed by atoms with Crippen LogP contribution in [0.1, 0.15) is 18.0 Å². The van der Waals surface area contributed by atoms with Crippen LogP contribution in [-0.4, -0.2) is 16.8 Å². The molecule has 0 aliphatic rings. The molecule has 4 N–H and O–H groups in total. The van der Waals surface area contributed by atoms with Crippen LogP contribution in [0.2, 0.25) is 0 Å². The van der Waals surface area contributed by atoms with E-state index in [1.807, 2.05) is 6.07 Å². The molecule has 0 saturated heterocycles. The molecule has 0 spiro atoms. The summed E-state index contributed by atoms with van der Waals surface area (Å²) >= 11 is 0. The minimum atomic E-state index is -0.281. The Balaban J connectivity index is 2.79. The minimum absolute atomic E-state index is 0.0372. The number of hydrogen-bond acceptors (Lipinski definition) is 3. The van der Waals surface area contributed by atoms with Gasteiger partial charge in [0, 0.05) is 18.2 Å². The van der Waals surface area contributed by atoms with Crippen LogP contribution in [0.3, 0.4) is 0 Å². The van der Waals surface area contributed by atoms with Gasteiger partial charge in [-0.05, 0) is 12.5 Å². The van der Waals surface area contributed by atoms with Crippen molar-refractivity contribution in [2.45, 2.75) is 12.5 Å². The van der Waals surface area contributed by atoms with Crippen molar-refractivity contribution >= 4 is 0 Å². The van der Waals surface area contributed by atoms with E-state index < -0.39 is 0 Å². The molecule has 0 unspecified atom stereocenters. The summed E-state index contributed by atoms with van der Waals surface area (Å²) in [5, 5.41) is 18.0. The van der Waals surface area contributed by atoms with Crippen LogP contribution < -0.4 is 5.73 Å². The molecule has 3 nitrogen and oxygen atoms in total. The molecule has 1 atom stereocenters. The molecule has 3 heteroatoms. The maximum atomic E-state index is 9.35. The summed E-state index contributed by atoms with van der Waals surface area (Å²) in [6.07, 6.45) is 0.470. The average Bonchev–Trinajstić information content (AvgIpc) is 2.05. The monoisotopic (exact) mass is 167 g/mol. The predicted molar refractivity (Wildman–Crippen MR) is 46.7 cm³/mol. The van der Waals surface area contributed by atoms with Gasteiger partial charge in [-0.1, -0.05) is 18.2 Å². The Morgan fingerprint density at radius 2 is 2.00 bits per heavy atom. The first kappa shape index (κ1) is 9.03. The van der Waals surface area contributed by atoms with Gasteiger partial charge in [0.2, 0.25) is 0 Å². The second-order valence-corrected chi connectivity index (χ2v) is 2.68. The van der Waals surface area contributed by atoms with Crippen molar-refractivity contribution in [3.05, 3.63) is 29.8 Å². The van der Waals surface area contributed by atoms with E-state index in [9.17, 15) is 5.11 Å². The van der Waals surface area contributed by atoms with Crippen LogP contribution in [-0.2, 0) is 0 Å². The SMILES string of the molecule is N[C@H](CCO)c1ccccc1O. The highest BCUT2D eigenvalue weighted by Gasteiger charge is 2.08. The first-order valence-electron chi connectivity index (χ1n) is 3.90. The molecule has 0 amide bonds. The molecular formula is C9H13NO2. The van der Waals surface area contributed by atoms with Gasteiger partial charge in [0.05, 0.1) is 0 Å². The second kappa shape index (κ2) is 4.09. The van der Waals surface area contributed by atoms with E-state index >= 15 is 0 Å². The lowest BCUT2D eigenvalue weighted by atomic mass is 10.0. The first-order chi connectivity index (χ1) is 5.75. The Morgan fingerprint density at radius 1 is 1.33 bits per heavy atom.